The van der Waals surface area contributed by atoms with Gasteiger partial charge in [-0.1, -0.05) is 30.3 Å². The maximum Gasteiger partial charge on any atom is 0.319 e. The van der Waals surface area contributed by atoms with Crippen LogP contribution in [-0.4, -0.2) is 49.6 Å². The first-order chi connectivity index (χ1) is 13.3. The first-order valence-corrected chi connectivity index (χ1v) is 9.51. The zero-order chi connectivity index (χ0) is 20.5. The normalized spacial score (nSPS) is 11.9. The molecule has 0 aliphatic rings. The van der Waals surface area contributed by atoms with Crippen LogP contribution in [0.2, 0.25) is 0 Å². The van der Waals surface area contributed by atoms with E-state index in [0.29, 0.717) is 17.8 Å². The minimum Gasteiger partial charge on any atom is -0.350 e. The number of hydrogen-bond donors (Lipinski definition) is 3. The Labute approximate surface area is 167 Å². The molecule has 6 heteroatoms. The summed E-state index contributed by atoms with van der Waals surface area (Å²) in [5.41, 5.74) is 2.45. The topological polar surface area (TPSA) is 73.5 Å². The molecule has 1 atom stereocenters. The first kappa shape index (κ1) is 21.4. The summed E-state index contributed by atoms with van der Waals surface area (Å²) in [6, 6.07) is 17.1. The molecule has 0 bridgehead atoms. The Morgan fingerprint density at radius 1 is 0.964 bits per heavy atom. The molecule has 0 spiro atoms. The van der Waals surface area contributed by atoms with Gasteiger partial charge in [0.2, 0.25) is 0 Å². The Morgan fingerprint density at radius 2 is 1.61 bits per heavy atom. The zero-order valence-electron chi connectivity index (χ0n) is 17.0. The van der Waals surface area contributed by atoms with E-state index < -0.39 is 0 Å². The molecule has 2 aromatic rings. The van der Waals surface area contributed by atoms with Crippen molar-refractivity contribution in [3.8, 4) is 0 Å². The number of rotatable bonds is 8. The molecule has 0 aliphatic heterocycles. The van der Waals surface area contributed by atoms with Gasteiger partial charge in [0.15, 0.2) is 0 Å². The van der Waals surface area contributed by atoms with Crippen LogP contribution in [-0.2, 0) is 6.42 Å². The van der Waals surface area contributed by atoms with Gasteiger partial charge in [-0.25, -0.2) is 4.79 Å². The molecule has 3 amide bonds. The summed E-state index contributed by atoms with van der Waals surface area (Å²) < 4.78 is 0. The number of nitrogens with one attached hydrogen (secondary N) is 3. The maximum absolute atomic E-state index is 12.5. The van der Waals surface area contributed by atoms with Gasteiger partial charge in [-0.05, 0) is 64.2 Å². The van der Waals surface area contributed by atoms with E-state index in [4.69, 9.17) is 0 Å². The van der Waals surface area contributed by atoms with Crippen LogP contribution in [0, 0.1) is 0 Å². The predicted octanol–water partition coefficient (Wildman–Crippen LogP) is 3.12. The first-order valence-electron chi connectivity index (χ1n) is 9.51. The molecule has 3 N–H and O–H groups in total. The Hall–Kier alpha value is -2.86. The van der Waals surface area contributed by atoms with Crippen molar-refractivity contribution >= 4 is 17.6 Å². The molecule has 2 aromatic carbocycles. The van der Waals surface area contributed by atoms with Crippen molar-refractivity contribution in [2.24, 2.45) is 0 Å². The molecule has 0 heterocycles. The van der Waals surface area contributed by atoms with Crippen LogP contribution in [0.4, 0.5) is 10.5 Å². The van der Waals surface area contributed by atoms with E-state index in [9.17, 15) is 9.59 Å². The summed E-state index contributed by atoms with van der Waals surface area (Å²) in [6.45, 7) is 4.34. The third-order valence-corrected chi connectivity index (χ3v) is 4.37. The number of nitrogens with zero attached hydrogens (tertiary/aromatic N) is 1. The van der Waals surface area contributed by atoms with E-state index >= 15 is 0 Å². The Balaban J connectivity index is 1.89. The SMILES string of the molecule is CC(C)NC(=O)Nc1ccc(C(=O)NC[C@@H](Cc2ccccc2)N(C)C)cc1. The average Bonchev–Trinajstić information content (AvgIpc) is 2.65. The highest BCUT2D eigenvalue weighted by Gasteiger charge is 2.14. The van der Waals surface area contributed by atoms with E-state index in [1.165, 1.54) is 5.56 Å². The second kappa shape index (κ2) is 10.5. The highest BCUT2D eigenvalue weighted by atomic mass is 16.2. The molecule has 0 saturated heterocycles. The molecule has 150 valence electrons. The number of carbonyl (C=O) groups is 2. The van der Waals surface area contributed by atoms with Crippen LogP contribution in [0.15, 0.2) is 54.6 Å². The standard InChI is InChI=1S/C22H30N4O2/c1-16(2)24-22(28)25-19-12-10-18(11-13-19)21(27)23-15-20(26(3)4)14-17-8-6-5-7-9-17/h5-13,16,20H,14-15H2,1-4H3,(H,23,27)(H2,24,25,28)/t20-/m1/s1. The Morgan fingerprint density at radius 3 is 2.18 bits per heavy atom. The number of likely N-dealkylation sites (N-methyl/N-ethyl adjacent to an activating group) is 1. The molecular formula is C22H30N4O2. The second-order valence-corrected chi connectivity index (χ2v) is 7.35. The lowest BCUT2D eigenvalue weighted by Gasteiger charge is -2.24. The van der Waals surface area contributed by atoms with Crippen LogP contribution < -0.4 is 16.0 Å². The lowest BCUT2D eigenvalue weighted by atomic mass is 10.0. The number of urea groups is 1. The Kier molecular flexibility index (Phi) is 8.02. The van der Waals surface area contributed by atoms with Gasteiger partial charge in [-0.15, -0.1) is 0 Å². The van der Waals surface area contributed by atoms with Gasteiger partial charge in [0.25, 0.3) is 5.91 Å². The van der Waals surface area contributed by atoms with Crippen molar-refractivity contribution in [3.63, 3.8) is 0 Å². The lowest BCUT2D eigenvalue weighted by Crippen LogP contribution is -2.41. The molecule has 28 heavy (non-hydrogen) atoms. The quantitative estimate of drug-likeness (QED) is 0.657. The average molecular weight is 383 g/mol. The highest BCUT2D eigenvalue weighted by Crippen LogP contribution is 2.10. The van der Waals surface area contributed by atoms with Crippen LogP contribution in [0.3, 0.4) is 0 Å². The molecule has 0 fully saturated rings. The summed E-state index contributed by atoms with van der Waals surface area (Å²) in [6.07, 6.45) is 0.863. The van der Waals surface area contributed by atoms with Gasteiger partial charge in [-0.3, -0.25) is 4.79 Å². The van der Waals surface area contributed by atoms with Crippen molar-refractivity contribution in [1.29, 1.82) is 0 Å². The number of anilines is 1. The van der Waals surface area contributed by atoms with Gasteiger partial charge in [-0.2, -0.15) is 0 Å². The number of carbonyl (C=O) groups excluding carboxylic acids is 2. The van der Waals surface area contributed by atoms with E-state index in [1.807, 2.05) is 46.1 Å². The van der Waals surface area contributed by atoms with Crippen LogP contribution >= 0.6 is 0 Å². The summed E-state index contributed by atoms with van der Waals surface area (Å²) >= 11 is 0. The molecule has 2 rings (SSSR count). The van der Waals surface area contributed by atoms with Gasteiger partial charge < -0.3 is 20.9 Å². The van der Waals surface area contributed by atoms with Crippen LogP contribution in [0.5, 0.6) is 0 Å². The van der Waals surface area contributed by atoms with E-state index in [-0.39, 0.29) is 24.0 Å². The van der Waals surface area contributed by atoms with E-state index in [1.54, 1.807) is 24.3 Å². The minimum absolute atomic E-state index is 0.0607. The molecule has 0 aliphatic carbocycles. The smallest absolute Gasteiger partial charge is 0.319 e. The minimum atomic E-state index is -0.262. The monoisotopic (exact) mass is 382 g/mol. The van der Waals surface area contributed by atoms with Crippen molar-refractivity contribution in [2.75, 3.05) is 26.0 Å². The molecule has 0 saturated carbocycles. The predicted molar refractivity (Wildman–Crippen MR) is 114 cm³/mol. The highest BCUT2D eigenvalue weighted by molar-refractivity contribution is 5.95. The van der Waals surface area contributed by atoms with Crippen molar-refractivity contribution < 1.29 is 9.59 Å². The third-order valence-electron chi connectivity index (χ3n) is 4.37. The molecule has 0 radical (unpaired) electrons. The summed E-state index contributed by atoms with van der Waals surface area (Å²) in [5, 5.41) is 8.51. The summed E-state index contributed by atoms with van der Waals surface area (Å²) in [4.78, 5) is 26.3. The third kappa shape index (κ3) is 7.04. The molecule has 0 unspecified atom stereocenters. The van der Waals surface area contributed by atoms with Gasteiger partial charge in [0.05, 0.1) is 0 Å². The van der Waals surface area contributed by atoms with Gasteiger partial charge in [0, 0.05) is 29.9 Å². The largest absolute Gasteiger partial charge is 0.350 e. The second-order valence-electron chi connectivity index (χ2n) is 7.35. The summed E-state index contributed by atoms with van der Waals surface area (Å²) in [7, 11) is 4.03. The van der Waals surface area contributed by atoms with Crippen molar-refractivity contribution in [2.45, 2.75) is 32.4 Å². The van der Waals surface area contributed by atoms with Gasteiger partial charge >= 0.3 is 6.03 Å². The van der Waals surface area contributed by atoms with E-state index in [0.717, 1.165) is 6.42 Å². The number of hydrogen-bond acceptors (Lipinski definition) is 3. The summed E-state index contributed by atoms with van der Waals surface area (Å²) in [5.74, 6) is -0.127. The molecular weight excluding hydrogens is 352 g/mol. The molecule has 6 nitrogen and oxygen atoms in total. The fourth-order valence-corrected chi connectivity index (χ4v) is 2.77. The molecule has 0 aromatic heterocycles. The maximum atomic E-state index is 12.5. The number of benzene rings is 2. The number of amides is 3. The van der Waals surface area contributed by atoms with Crippen molar-refractivity contribution in [3.05, 3.63) is 65.7 Å². The van der Waals surface area contributed by atoms with Crippen molar-refractivity contribution in [1.82, 2.24) is 15.5 Å². The van der Waals surface area contributed by atoms with Crippen LogP contribution in [0.1, 0.15) is 29.8 Å². The Bertz CT molecular complexity index is 758. The lowest BCUT2D eigenvalue weighted by molar-refractivity contribution is 0.0941. The van der Waals surface area contributed by atoms with Crippen LogP contribution in [0.25, 0.3) is 0 Å². The fourth-order valence-electron chi connectivity index (χ4n) is 2.77. The van der Waals surface area contributed by atoms with Gasteiger partial charge in [0.1, 0.15) is 0 Å². The van der Waals surface area contributed by atoms with E-state index in [2.05, 4.69) is 33.0 Å². The fraction of sp³-hybridized carbons (Fsp3) is 0.364. The zero-order valence-corrected chi connectivity index (χ0v) is 17.0.